The lowest BCUT2D eigenvalue weighted by Gasteiger charge is -2.19. The molecule has 9 heteroatoms. The Morgan fingerprint density at radius 3 is 2.59 bits per heavy atom. The molecule has 182 valence electrons. The molecule has 8 nitrogen and oxygen atoms in total. The van der Waals surface area contributed by atoms with Crippen molar-refractivity contribution in [2.75, 3.05) is 13.1 Å². The van der Waals surface area contributed by atoms with Gasteiger partial charge in [-0.2, -0.15) is 0 Å². The largest absolute Gasteiger partial charge is 0.491 e. The Kier molecular flexibility index (Phi) is 8.63. The van der Waals surface area contributed by atoms with Gasteiger partial charge in [0.25, 0.3) is 0 Å². The monoisotopic (exact) mass is 485 g/mol. The fourth-order valence-electron chi connectivity index (χ4n) is 4.06. The second-order valence-corrected chi connectivity index (χ2v) is 9.03. The van der Waals surface area contributed by atoms with E-state index < -0.39 is 5.69 Å². The molecule has 3 rings (SSSR count). The van der Waals surface area contributed by atoms with E-state index in [2.05, 4.69) is 28.6 Å². The molecule has 1 atom stereocenters. The number of hydrogen-bond acceptors (Lipinski definition) is 6. The predicted octanol–water partition coefficient (Wildman–Crippen LogP) is 4.06. The SMILES string of the molecule is C=N/C=C(Cl)\C(=C/C)c1nn(CC(=O)CN2CCCC2C)c(=O)n1-c1ccc(OC(C)C)cc1. The predicted molar refractivity (Wildman–Crippen MR) is 136 cm³/mol. The summed E-state index contributed by atoms with van der Waals surface area (Å²) in [6, 6.07) is 7.50. The molecular weight excluding hydrogens is 454 g/mol. The summed E-state index contributed by atoms with van der Waals surface area (Å²) in [5, 5.41) is 4.79. The van der Waals surface area contributed by atoms with Crippen molar-refractivity contribution in [3.05, 3.63) is 57.9 Å². The highest BCUT2D eigenvalue weighted by molar-refractivity contribution is 6.36. The third-order valence-corrected chi connectivity index (χ3v) is 5.99. The zero-order valence-electron chi connectivity index (χ0n) is 20.2. The normalized spacial score (nSPS) is 17.4. The number of benzene rings is 1. The van der Waals surface area contributed by atoms with E-state index in [4.69, 9.17) is 16.3 Å². The van der Waals surface area contributed by atoms with Gasteiger partial charge in [0.05, 0.1) is 23.4 Å². The first-order valence-electron chi connectivity index (χ1n) is 11.5. The number of Topliss-reactive ketones (excluding diaryl/α,β-unsaturated/α-hetero) is 1. The second-order valence-electron chi connectivity index (χ2n) is 8.62. The molecule has 0 spiro atoms. The highest BCUT2D eigenvalue weighted by atomic mass is 35.5. The van der Waals surface area contributed by atoms with Gasteiger partial charge in [0.15, 0.2) is 11.6 Å². The molecule has 2 aromatic rings. The summed E-state index contributed by atoms with van der Waals surface area (Å²) in [6.45, 7) is 12.3. The molecule has 1 unspecified atom stereocenters. The molecule has 1 fully saturated rings. The van der Waals surface area contributed by atoms with E-state index in [1.807, 2.05) is 13.8 Å². The number of nitrogens with zero attached hydrogens (tertiary/aromatic N) is 5. The Morgan fingerprint density at radius 2 is 2.03 bits per heavy atom. The number of aromatic nitrogens is 3. The topological polar surface area (TPSA) is 81.7 Å². The smallest absolute Gasteiger partial charge is 0.351 e. The van der Waals surface area contributed by atoms with E-state index >= 15 is 0 Å². The molecule has 1 aliphatic rings. The van der Waals surface area contributed by atoms with E-state index in [1.54, 1.807) is 37.3 Å². The van der Waals surface area contributed by atoms with E-state index in [0.717, 1.165) is 19.4 Å². The molecule has 1 aromatic carbocycles. The van der Waals surface area contributed by atoms with Crippen molar-refractivity contribution in [1.29, 1.82) is 0 Å². The van der Waals surface area contributed by atoms with E-state index in [9.17, 15) is 9.59 Å². The van der Waals surface area contributed by atoms with Crippen LogP contribution in [0.25, 0.3) is 11.3 Å². The van der Waals surface area contributed by atoms with Crippen molar-refractivity contribution in [3.8, 4) is 11.4 Å². The zero-order valence-corrected chi connectivity index (χ0v) is 21.0. The summed E-state index contributed by atoms with van der Waals surface area (Å²) < 4.78 is 8.36. The summed E-state index contributed by atoms with van der Waals surface area (Å²) in [7, 11) is 0. The first-order chi connectivity index (χ1) is 16.2. The van der Waals surface area contributed by atoms with Gasteiger partial charge in [0.2, 0.25) is 0 Å². The zero-order chi connectivity index (χ0) is 24.8. The number of hydrogen-bond donors (Lipinski definition) is 0. The maximum atomic E-state index is 13.4. The second kappa shape index (κ2) is 11.4. The van der Waals surface area contributed by atoms with E-state index in [1.165, 1.54) is 15.4 Å². The maximum Gasteiger partial charge on any atom is 0.351 e. The van der Waals surface area contributed by atoms with Gasteiger partial charge in [0.1, 0.15) is 12.3 Å². The van der Waals surface area contributed by atoms with Crippen molar-refractivity contribution in [2.45, 2.75) is 59.2 Å². The average molecular weight is 486 g/mol. The van der Waals surface area contributed by atoms with Crippen molar-refractivity contribution in [3.63, 3.8) is 0 Å². The Bertz CT molecular complexity index is 1140. The number of ether oxygens (including phenoxy) is 1. The van der Waals surface area contributed by atoms with Crippen LogP contribution in [0.3, 0.4) is 0 Å². The van der Waals surface area contributed by atoms with Crippen molar-refractivity contribution >= 4 is 29.7 Å². The third-order valence-electron chi connectivity index (χ3n) is 5.69. The molecule has 0 radical (unpaired) electrons. The van der Waals surface area contributed by atoms with Crippen molar-refractivity contribution in [1.82, 2.24) is 19.2 Å². The van der Waals surface area contributed by atoms with Gasteiger partial charge < -0.3 is 4.74 Å². The van der Waals surface area contributed by atoms with Crippen LogP contribution in [0.5, 0.6) is 5.75 Å². The Labute approximate surface area is 205 Å². The molecule has 0 amide bonds. The average Bonchev–Trinajstić information content (AvgIpc) is 3.32. The third kappa shape index (κ3) is 5.93. The lowest BCUT2D eigenvalue weighted by atomic mass is 10.2. The van der Waals surface area contributed by atoms with Gasteiger partial charge >= 0.3 is 5.69 Å². The van der Waals surface area contributed by atoms with Gasteiger partial charge in [-0.25, -0.2) is 14.0 Å². The minimum absolute atomic E-state index is 0.0289. The Balaban J connectivity index is 2.01. The summed E-state index contributed by atoms with van der Waals surface area (Å²) in [5.74, 6) is 0.942. The van der Waals surface area contributed by atoms with Gasteiger partial charge in [0, 0.05) is 17.8 Å². The fourth-order valence-corrected chi connectivity index (χ4v) is 4.32. The van der Waals surface area contributed by atoms with Gasteiger partial charge in [-0.15, -0.1) is 5.10 Å². The molecule has 1 saturated heterocycles. The van der Waals surface area contributed by atoms with Gasteiger partial charge in [-0.3, -0.25) is 14.7 Å². The van der Waals surface area contributed by atoms with E-state index in [0.29, 0.717) is 35.4 Å². The van der Waals surface area contributed by atoms with Crippen LogP contribution in [0.15, 0.2) is 51.4 Å². The van der Waals surface area contributed by atoms with Gasteiger partial charge in [-0.05, 0) is 78.1 Å². The minimum atomic E-state index is -0.425. The first-order valence-corrected chi connectivity index (χ1v) is 11.8. The first kappa shape index (κ1) is 25.6. The molecule has 2 heterocycles. The Morgan fingerprint density at radius 1 is 1.32 bits per heavy atom. The van der Waals surface area contributed by atoms with Crippen LogP contribution in [-0.2, 0) is 11.3 Å². The number of allylic oxidation sites excluding steroid dienone is 3. The number of rotatable bonds is 10. The van der Waals surface area contributed by atoms with Crippen LogP contribution < -0.4 is 10.4 Å². The molecule has 0 aliphatic carbocycles. The Hall–Kier alpha value is -2.97. The molecular formula is C25H32ClN5O3. The molecule has 0 bridgehead atoms. The van der Waals surface area contributed by atoms with Crippen molar-refractivity contribution in [2.24, 2.45) is 4.99 Å². The molecule has 0 N–H and O–H groups in total. The number of aliphatic imine (C=N–C) groups is 1. The number of carbonyl (C=O) groups excluding carboxylic acids is 1. The van der Waals surface area contributed by atoms with Crippen LogP contribution >= 0.6 is 11.6 Å². The van der Waals surface area contributed by atoms with E-state index in [-0.39, 0.29) is 23.5 Å². The van der Waals surface area contributed by atoms with Crippen LogP contribution in [0.2, 0.25) is 0 Å². The van der Waals surface area contributed by atoms with Gasteiger partial charge in [-0.1, -0.05) is 17.7 Å². The van der Waals surface area contributed by atoms with Crippen LogP contribution in [-0.4, -0.2) is 57.0 Å². The molecule has 34 heavy (non-hydrogen) atoms. The number of likely N-dealkylation sites (tertiary alicyclic amines) is 1. The molecule has 1 aromatic heterocycles. The standard InChI is InChI=1S/C25H32ClN5O3/c1-6-22(23(26)14-27-5)24-28-30(16-20(32)15-29-13-7-8-18(29)4)25(33)31(24)19-9-11-21(12-10-19)34-17(2)3/h6,9-12,14,17-18H,5,7-8,13,15-16H2,1-4H3/b22-6+,23-14+. The number of halogens is 1. The van der Waals surface area contributed by atoms with Crippen molar-refractivity contribution < 1.29 is 9.53 Å². The quantitative estimate of drug-likeness (QED) is 0.374. The molecule has 0 saturated carbocycles. The molecule has 1 aliphatic heterocycles. The summed E-state index contributed by atoms with van der Waals surface area (Å²) in [6.07, 6.45) is 5.33. The summed E-state index contributed by atoms with van der Waals surface area (Å²) in [5.41, 5.74) is 0.664. The number of ketones is 1. The maximum absolute atomic E-state index is 13.4. The van der Waals surface area contributed by atoms with Crippen LogP contribution in [0, 0.1) is 0 Å². The highest BCUT2D eigenvalue weighted by Crippen LogP contribution is 2.27. The fraction of sp³-hybridized carbons (Fsp3) is 0.440. The minimum Gasteiger partial charge on any atom is -0.491 e. The van der Waals surface area contributed by atoms with Crippen LogP contribution in [0.1, 0.15) is 46.4 Å². The number of carbonyl (C=O) groups is 1. The summed E-state index contributed by atoms with van der Waals surface area (Å²) >= 11 is 6.42. The van der Waals surface area contributed by atoms with Crippen LogP contribution in [0.4, 0.5) is 0 Å². The lowest BCUT2D eigenvalue weighted by Crippen LogP contribution is -2.36. The summed E-state index contributed by atoms with van der Waals surface area (Å²) in [4.78, 5) is 32.1. The highest BCUT2D eigenvalue weighted by Gasteiger charge is 2.25. The lowest BCUT2D eigenvalue weighted by molar-refractivity contribution is -0.121.